The summed E-state index contributed by atoms with van der Waals surface area (Å²) in [5, 5.41) is 13.9. The SMILES string of the molecule is O=C(COc1ccccc1[N+](=O)[O-])Nc1c(Cl)cccc1Cl. The summed E-state index contributed by atoms with van der Waals surface area (Å²) in [4.78, 5) is 22.1. The van der Waals surface area contributed by atoms with Gasteiger partial charge in [0, 0.05) is 6.07 Å². The number of halogens is 2. The number of anilines is 1. The van der Waals surface area contributed by atoms with E-state index in [0.29, 0.717) is 0 Å². The number of hydrogen-bond donors (Lipinski definition) is 1. The lowest BCUT2D eigenvalue weighted by Gasteiger charge is -2.10. The summed E-state index contributed by atoms with van der Waals surface area (Å²) in [6.45, 7) is -0.410. The number of amides is 1. The van der Waals surface area contributed by atoms with E-state index in [2.05, 4.69) is 5.32 Å². The molecule has 0 saturated heterocycles. The second-order valence-electron chi connectivity index (χ2n) is 4.16. The largest absolute Gasteiger partial charge is 0.477 e. The fraction of sp³-hybridized carbons (Fsp3) is 0.0714. The molecule has 8 heteroatoms. The molecule has 0 unspecified atom stereocenters. The van der Waals surface area contributed by atoms with Crippen LogP contribution < -0.4 is 10.1 Å². The molecule has 0 aliphatic heterocycles. The number of nitro benzene ring substituents is 1. The predicted octanol–water partition coefficient (Wildman–Crippen LogP) is 3.92. The van der Waals surface area contributed by atoms with Crippen LogP contribution in [0.5, 0.6) is 5.75 Å². The highest BCUT2D eigenvalue weighted by atomic mass is 35.5. The molecule has 6 nitrogen and oxygen atoms in total. The highest BCUT2D eigenvalue weighted by molar-refractivity contribution is 6.39. The molecule has 22 heavy (non-hydrogen) atoms. The summed E-state index contributed by atoms with van der Waals surface area (Å²) in [5.41, 5.74) is 0.0491. The third kappa shape index (κ3) is 3.87. The number of ether oxygens (including phenoxy) is 1. The molecule has 1 N–H and O–H groups in total. The van der Waals surface area contributed by atoms with E-state index in [4.69, 9.17) is 27.9 Å². The van der Waals surface area contributed by atoms with E-state index >= 15 is 0 Å². The zero-order valence-electron chi connectivity index (χ0n) is 11.1. The number of para-hydroxylation sites is 3. The lowest BCUT2D eigenvalue weighted by atomic mass is 10.3. The van der Waals surface area contributed by atoms with Crippen molar-refractivity contribution in [3.63, 3.8) is 0 Å². The summed E-state index contributed by atoms with van der Waals surface area (Å²) in [5.74, 6) is -0.527. The smallest absolute Gasteiger partial charge is 0.310 e. The van der Waals surface area contributed by atoms with Gasteiger partial charge in [-0.25, -0.2) is 0 Å². The van der Waals surface area contributed by atoms with E-state index in [1.807, 2.05) is 0 Å². The van der Waals surface area contributed by atoms with E-state index in [1.54, 1.807) is 24.3 Å². The zero-order valence-corrected chi connectivity index (χ0v) is 12.6. The molecule has 2 aromatic rings. The molecule has 0 heterocycles. The van der Waals surface area contributed by atoms with Crippen LogP contribution in [0.3, 0.4) is 0 Å². The normalized spacial score (nSPS) is 10.1. The second kappa shape index (κ2) is 7.11. The Kier molecular flexibility index (Phi) is 5.19. The maximum absolute atomic E-state index is 11.8. The number of nitrogens with one attached hydrogen (secondary N) is 1. The summed E-state index contributed by atoms with van der Waals surface area (Å²) in [6.07, 6.45) is 0. The molecule has 0 aliphatic carbocycles. The van der Waals surface area contributed by atoms with Gasteiger partial charge in [-0.2, -0.15) is 0 Å². The van der Waals surface area contributed by atoms with Crippen LogP contribution >= 0.6 is 23.2 Å². The molecule has 0 bridgehead atoms. The van der Waals surface area contributed by atoms with Gasteiger partial charge in [-0.1, -0.05) is 41.4 Å². The van der Waals surface area contributed by atoms with Crippen LogP contribution in [0.4, 0.5) is 11.4 Å². The van der Waals surface area contributed by atoms with Gasteiger partial charge in [-0.3, -0.25) is 14.9 Å². The van der Waals surface area contributed by atoms with Gasteiger partial charge >= 0.3 is 5.69 Å². The highest BCUT2D eigenvalue weighted by Crippen LogP contribution is 2.30. The number of nitrogens with zero attached hydrogens (tertiary/aromatic N) is 1. The van der Waals surface area contributed by atoms with Gasteiger partial charge in [0.15, 0.2) is 12.4 Å². The number of carbonyl (C=O) groups excluding carboxylic acids is 1. The first kappa shape index (κ1) is 16.1. The monoisotopic (exact) mass is 340 g/mol. The fourth-order valence-corrected chi connectivity index (χ4v) is 2.16. The minimum Gasteiger partial charge on any atom is -0.477 e. The Balaban J connectivity index is 2.04. The van der Waals surface area contributed by atoms with E-state index < -0.39 is 17.4 Å². The predicted molar refractivity (Wildman–Crippen MR) is 83.7 cm³/mol. The van der Waals surface area contributed by atoms with Gasteiger partial charge in [0.05, 0.1) is 20.7 Å². The molecule has 0 atom stereocenters. The molecule has 2 aromatic carbocycles. The average molecular weight is 341 g/mol. The Labute approximate surface area is 135 Å². The second-order valence-corrected chi connectivity index (χ2v) is 4.97. The van der Waals surface area contributed by atoms with Crippen LogP contribution in [0, 0.1) is 10.1 Å². The quantitative estimate of drug-likeness (QED) is 0.660. The van der Waals surface area contributed by atoms with Crippen molar-refractivity contribution in [3.8, 4) is 5.75 Å². The fourth-order valence-electron chi connectivity index (χ4n) is 1.67. The van der Waals surface area contributed by atoms with E-state index in [-0.39, 0.29) is 27.2 Å². The van der Waals surface area contributed by atoms with Crippen LogP contribution in [0.15, 0.2) is 42.5 Å². The number of benzene rings is 2. The Morgan fingerprint density at radius 3 is 2.41 bits per heavy atom. The van der Waals surface area contributed by atoms with Crippen molar-refractivity contribution in [2.75, 3.05) is 11.9 Å². The zero-order chi connectivity index (χ0) is 16.1. The molecule has 0 aromatic heterocycles. The standard InChI is InChI=1S/C14H10Cl2N2O4/c15-9-4-3-5-10(16)14(9)17-13(19)8-22-12-7-2-1-6-11(12)18(20)21/h1-7H,8H2,(H,17,19). The van der Waals surface area contributed by atoms with Crippen LogP contribution in [0.1, 0.15) is 0 Å². The molecule has 114 valence electrons. The average Bonchev–Trinajstić information content (AvgIpc) is 2.49. The summed E-state index contributed by atoms with van der Waals surface area (Å²) >= 11 is 11.9. The van der Waals surface area contributed by atoms with Crippen LogP contribution in [-0.4, -0.2) is 17.4 Å². The van der Waals surface area contributed by atoms with Crippen molar-refractivity contribution >= 4 is 40.5 Å². The van der Waals surface area contributed by atoms with Crippen molar-refractivity contribution in [2.24, 2.45) is 0 Å². The Morgan fingerprint density at radius 1 is 1.14 bits per heavy atom. The Bertz CT molecular complexity index is 701. The van der Waals surface area contributed by atoms with E-state index in [0.717, 1.165) is 0 Å². The van der Waals surface area contributed by atoms with Gasteiger partial charge in [-0.05, 0) is 18.2 Å². The maximum Gasteiger partial charge on any atom is 0.310 e. The van der Waals surface area contributed by atoms with Crippen LogP contribution in [0.25, 0.3) is 0 Å². The van der Waals surface area contributed by atoms with Crippen molar-refractivity contribution < 1.29 is 14.5 Å². The Hall–Kier alpha value is -2.31. The van der Waals surface area contributed by atoms with E-state index in [1.165, 1.54) is 18.2 Å². The molecule has 0 spiro atoms. The van der Waals surface area contributed by atoms with Gasteiger partial charge < -0.3 is 10.1 Å². The minimum atomic E-state index is -0.585. The van der Waals surface area contributed by atoms with Crippen molar-refractivity contribution in [1.82, 2.24) is 0 Å². The van der Waals surface area contributed by atoms with E-state index in [9.17, 15) is 14.9 Å². The Morgan fingerprint density at radius 2 is 1.77 bits per heavy atom. The lowest BCUT2D eigenvalue weighted by Crippen LogP contribution is -2.20. The molecule has 0 fully saturated rings. The molecular formula is C14H10Cl2N2O4. The first-order valence-corrected chi connectivity index (χ1v) is 6.84. The third-order valence-corrected chi connectivity index (χ3v) is 3.28. The maximum atomic E-state index is 11.8. The molecule has 2 rings (SSSR count). The molecule has 0 radical (unpaired) electrons. The number of hydrogen-bond acceptors (Lipinski definition) is 4. The number of nitro groups is 1. The number of carbonyl (C=O) groups is 1. The van der Waals surface area contributed by atoms with Crippen LogP contribution in [-0.2, 0) is 4.79 Å². The van der Waals surface area contributed by atoms with Crippen molar-refractivity contribution in [1.29, 1.82) is 0 Å². The number of rotatable bonds is 5. The molecular weight excluding hydrogens is 331 g/mol. The summed E-state index contributed by atoms with van der Waals surface area (Å²) in [6, 6.07) is 10.6. The topological polar surface area (TPSA) is 81.5 Å². The van der Waals surface area contributed by atoms with Gasteiger partial charge in [0.1, 0.15) is 0 Å². The highest BCUT2D eigenvalue weighted by Gasteiger charge is 2.16. The first-order valence-electron chi connectivity index (χ1n) is 6.09. The molecule has 0 aliphatic rings. The summed E-state index contributed by atoms with van der Waals surface area (Å²) < 4.78 is 5.17. The van der Waals surface area contributed by atoms with Crippen molar-refractivity contribution in [2.45, 2.75) is 0 Å². The van der Waals surface area contributed by atoms with Gasteiger partial charge in [0.2, 0.25) is 0 Å². The third-order valence-electron chi connectivity index (χ3n) is 2.65. The first-order chi connectivity index (χ1) is 10.5. The van der Waals surface area contributed by atoms with Crippen molar-refractivity contribution in [3.05, 3.63) is 62.6 Å². The van der Waals surface area contributed by atoms with Crippen LogP contribution in [0.2, 0.25) is 10.0 Å². The minimum absolute atomic E-state index is 0.00732. The molecule has 0 saturated carbocycles. The van der Waals surface area contributed by atoms with Gasteiger partial charge in [0.25, 0.3) is 5.91 Å². The lowest BCUT2D eigenvalue weighted by molar-refractivity contribution is -0.385. The summed E-state index contributed by atoms with van der Waals surface area (Å²) in [7, 11) is 0. The van der Waals surface area contributed by atoms with Gasteiger partial charge in [-0.15, -0.1) is 0 Å². The molecule has 1 amide bonds.